The summed E-state index contributed by atoms with van der Waals surface area (Å²) in [6.45, 7) is 37.6. The molecule has 0 aliphatic rings. The topological polar surface area (TPSA) is 27.7 Å². The SMILES string of the molecule is CC(C)(CC(COc1ccc(C(C)(C)C)cc1)C(C)(C)C)OC(C)(C)CC(COc1ccc(C(C)(C)C)cc1)C(C)(C)C. The van der Waals surface area contributed by atoms with Crippen molar-refractivity contribution in [3.05, 3.63) is 59.7 Å². The van der Waals surface area contributed by atoms with Gasteiger partial charge in [0.1, 0.15) is 11.5 Å². The average molecular weight is 595 g/mol. The molecule has 2 unspecified atom stereocenters. The fraction of sp³-hybridized carbons (Fsp3) is 0.700. The first kappa shape index (κ1) is 37.2. The van der Waals surface area contributed by atoms with Crippen molar-refractivity contribution in [2.75, 3.05) is 13.2 Å². The van der Waals surface area contributed by atoms with Gasteiger partial charge in [0.15, 0.2) is 0 Å². The van der Waals surface area contributed by atoms with Gasteiger partial charge in [-0.15, -0.1) is 0 Å². The van der Waals surface area contributed by atoms with Gasteiger partial charge in [0.2, 0.25) is 0 Å². The van der Waals surface area contributed by atoms with Crippen molar-refractivity contribution < 1.29 is 14.2 Å². The summed E-state index contributed by atoms with van der Waals surface area (Å²) in [5.41, 5.74) is 2.45. The lowest BCUT2D eigenvalue weighted by Crippen LogP contribution is -2.44. The summed E-state index contributed by atoms with van der Waals surface area (Å²) < 4.78 is 19.7. The van der Waals surface area contributed by atoms with Crippen LogP contribution in [0.25, 0.3) is 0 Å². The summed E-state index contributed by atoms with van der Waals surface area (Å²) in [4.78, 5) is 0. The Balaban J connectivity index is 2.08. The Morgan fingerprint density at radius 1 is 0.442 bits per heavy atom. The molecule has 0 saturated heterocycles. The van der Waals surface area contributed by atoms with E-state index in [-0.39, 0.29) is 32.9 Å². The van der Waals surface area contributed by atoms with Gasteiger partial charge in [-0.1, -0.05) is 107 Å². The zero-order valence-electron chi connectivity index (χ0n) is 30.8. The Hall–Kier alpha value is -2.00. The molecule has 2 aromatic carbocycles. The Kier molecular flexibility index (Phi) is 11.7. The van der Waals surface area contributed by atoms with E-state index in [4.69, 9.17) is 14.2 Å². The summed E-state index contributed by atoms with van der Waals surface area (Å²) in [5.74, 6) is 2.53. The molecule has 0 radical (unpaired) electrons. The fourth-order valence-corrected chi connectivity index (χ4v) is 5.74. The third-order valence-corrected chi connectivity index (χ3v) is 8.82. The summed E-state index contributed by atoms with van der Waals surface area (Å²) in [5, 5.41) is 0. The Morgan fingerprint density at radius 3 is 0.953 bits per heavy atom. The number of benzene rings is 2. The van der Waals surface area contributed by atoms with E-state index in [0.29, 0.717) is 25.0 Å². The number of hydrogen-bond acceptors (Lipinski definition) is 3. The summed E-state index contributed by atoms with van der Waals surface area (Å²) in [7, 11) is 0. The molecule has 0 aliphatic carbocycles. The van der Waals surface area contributed by atoms with E-state index in [9.17, 15) is 0 Å². The second-order valence-corrected chi connectivity index (χ2v) is 18.3. The summed E-state index contributed by atoms with van der Waals surface area (Å²) in [6.07, 6.45) is 1.83. The zero-order valence-corrected chi connectivity index (χ0v) is 30.8. The molecule has 0 fully saturated rings. The molecular weight excluding hydrogens is 528 g/mol. The Labute approximate surface area is 266 Å². The third kappa shape index (κ3) is 12.5. The van der Waals surface area contributed by atoms with Crippen molar-refractivity contribution in [2.24, 2.45) is 22.7 Å². The van der Waals surface area contributed by atoms with E-state index in [1.165, 1.54) is 11.1 Å². The third-order valence-electron chi connectivity index (χ3n) is 8.82. The van der Waals surface area contributed by atoms with Crippen LogP contribution in [0.15, 0.2) is 48.5 Å². The molecule has 0 aromatic heterocycles. The number of hydrogen-bond donors (Lipinski definition) is 0. The van der Waals surface area contributed by atoms with Gasteiger partial charge in [0.05, 0.1) is 24.4 Å². The van der Waals surface area contributed by atoms with Gasteiger partial charge < -0.3 is 14.2 Å². The monoisotopic (exact) mass is 595 g/mol. The minimum atomic E-state index is -0.313. The highest BCUT2D eigenvalue weighted by Crippen LogP contribution is 2.40. The van der Waals surface area contributed by atoms with Crippen molar-refractivity contribution in [3.63, 3.8) is 0 Å². The standard InChI is InChI=1S/C40H66O3/c1-35(2,3)29-17-21-33(22-18-29)41-27-31(37(7,8)9)25-39(13,14)43-40(15,16)26-32(38(10,11)12)28-42-34-23-19-30(20-24-34)36(4,5)6/h17-24,31-32H,25-28H2,1-16H3. The molecule has 3 heteroatoms. The maximum atomic E-state index is 6.98. The van der Waals surface area contributed by atoms with Gasteiger partial charge >= 0.3 is 0 Å². The van der Waals surface area contributed by atoms with Crippen LogP contribution in [0.5, 0.6) is 11.5 Å². The first-order valence-electron chi connectivity index (χ1n) is 16.5. The Morgan fingerprint density at radius 2 is 0.721 bits per heavy atom. The molecule has 0 N–H and O–H groups in total. The Bertz CT molecular complexity index is 1020. The molecule has 0 saturated carbocycles. The minimum absolute atomic E-state index is 0.0838. The highest BCUT2D eigenvalue weighted by Gasteiger charge is 2.39. The molecule has 0 heterocycles. The first-order valence-corrected chi connectivity index (χ1v) is 16.5. The normalized spacial score (nSPS) is 15.3. The molecule has 2 aromatic rings. The molecule has 2 atom stereocenters. The van der Waals surface area contributed by atoms with Crippen molar-refractivity contribution in [1.82, 2.24) is 0 Å². The van der Waals surface area contributed by atoms with Gasteiger partial charge in [0.25, 0.3) is 0 Å². The van der Waals surface area contributed by atoms with E-state index in [0.717, 1.165) is 24.3 Å². The molecule has 3 nitrogen and oxygen atoms in total. The van der Waals surface area contributed by atoms with Crippen LogP contribution in [-0.2, 0) is 15.6 Å². The van der Waals surface area contributed by atoms with Gasteiger partial charge in [-0.3, -0.25) is 0 Å². The van der Waals surface area contributed by atoms with Gasteiger partial charge in [-0.25, -0.2) is 0 Å². The van der Waals surface area contributed by atoms with Crippen LogP contribution in [0.3, 0.4) is 0 Å². The summed E-state index contributed by atoms with van der Waals surface area (Å²) in [6, 6.07) is 17.2. The number of rotatable bonds is 12. The molecule has 0 amide bonds. The van der Waals surface area contributed by atoms with Gasteiger partial charge in [-0.05, 0) is 97.6 Å². The van der Waals surface area contributed by atoms with Crippen molar-refractivity contribution in [2.45, 2.75) is 146 Å². The van der Waals surface area contributed by atoms with Gasteiger partial charge in [-0.2, -0.15) is 0 Å². The van der Waals surface area contributed by atoms with Crippen LogP contribution in [0, 0.1) is 22.7 Å². The lowest BCUT2D eigenvalue weighted by Gasteiger charge is -2.43. The molecule has 43 heavy (non-hydrogen) atoms. The fourth-order valence-electron chi connectivity index (χ4n) is 5.74. The predicted molar refractivity (Wildman–Crippen MR) is 186 cm³/mol. The van der Waals surface area contributed by atoms with E-state index >= 15 is 0 Å². The highest BCUT2D eigenvalue weighted by atomic mass is 16.5. The van der Waals surface area contributed by atoms with Crippen LogP contribution in [0.1, 0.15) is 135 Å². The zero-order chi connectivity index (χ0) is 33.1. The molecule has 244 valence electrons. The second kappa shape index (κ2) is 13.6. The second-order valence-electron chi connectivity index (χ2n) is 18.3. The largest absolute Gasteiger partial charge is 0.493 e. The van der Waals surface area contributed by atoms with Crippen LogP contribution in [0.2, 0.25) is 0 Å². The molecule has 0 bridgehead atoms. The maximum absolute atomic E-state index is 6.98. The quantitative estimate of drug-likeness (QED) is 0.245. The lowest BCUT2D eigenvalue weighted by atomic mass is 9.74. The van der Waals surface area contributed by atoms with E-state index in [1.54, 1.807) is 0 Å². The van der Waals surface area contributed by atoms with Crippen molar-refractivity contribution >= 4 is 0 Å². The lowest BCUT2D eigenvalue weighted by molar-refractivity contribution is -0.152. The van der Waals surface area contributed by atoms with Crippen LogP contribution < -0.4 is 9.47 Å². The van der Waals surface area contributed by atoms with E-state index in [1.807, 2.05) is 0 Å². The average Bonchev–Trinajstić information content (AvgIpc) is 2.81. The summed E-state index contributed by atoms with van der Waals surface area (Å²) >= 11 is 0. The van der Waals surface area contributed by atoms with Gasteiger partial charge in [0, 0.05) is 11.8 Å². The van der Waals surface area contributed by atoms with Crippen LogP contribution in [-0.4, -0.2) is 24.4 Å². The minimum Gasteiger partial charge on any atom is -0.493 e. The van der Waals surface area contributed by atoms with Crippen molar-refractivity contribution in [1.29, 1.82) is 0 Å². The van der Waals surface area contributed by atoms with E-state index < -0.39 is 0 Å². The molecule has 2 rings (SSSR count). The molecular formula is C40H66O3. The highest BCUT2D eigenvalue weighted by molar-refractivity contribution is 5.32. The first-order chi connectivity index (χ1) is 19.3. The van der Waals surface area contributed by atoms with Crippen LogP contribution >= 0.6 is 0 Å². The molecule has 0 spiro atoms. The van der Waals surface area contributed by atoms with E-state index in [2.05, 4.69) is 159 Å². The van der Waals surface area contributed by atoms with Crippen LogP contribution in [0.4, 0.5) is 0 Å². The maximum Gasteiger partial charge on any atom is 0.119 e. The van der Waals surface area contributed by atoms with Crippen molar-refractivity contribution in [3.8, 4) is 11.5 Å². The predicted octanol–water partition coefficient (Wildman–Crippen LogP) is 11.4. The number of ether oxygens (including phenoxy) is 3. The molecule has 0 aliphatic heterocycles. The smallest absolute Gasteiger partial charge is 0.119 e.